The van der Waals surface area contributed by atoms with Crippen molar-refractivity contribution in [1.29, 1.82) is 0 Å². The first-order valence-corrected chi connectivity index (χ1v) is 12.8. The van der Waals surface area contributed by atoms with E-state index in [9.17, 15) is 9.59 Å². The Morgan fingerprint density at radius 1 is 1.18 bits per heavy atom. The number of pyridine rings is 2. The van der Waals surface area contributed by atoms with E-state index < -0.39 is 0 Å². The molecule has 1 aliphatic rings. The number of imidazole rings is 2. The molecular formula is C27H26ClN7O3. The van der Waals surface area contributed by atoms with Crippen molar-refractivity contribution in [2.24, 2.45) is 0 Å². The number of nitrogens with zero attached hydrogens (tertiary/aromatic N) is 6. The van der Waals surface area contributed by atoms with Gasteiger partial charge in [-0.25, -0.2) is 9.97 Å². The third-order valence-corrected chi connectivity index (χ3v) is 7.03. The van der Waals surface area contributed by atoms with Gasteiger partial charge >= 0.3 is 5.97 Å². The first-order chi connectivity index (χ1) is 18.5. The summed E-state index contributed by atoms with van der Waals surface area (Å²) >= 11 is 6.10. The SMILES string of the molecule is COC(=O)CCc1cc(C2CC2)cn2cc(Cn3cc(C(=O)NCc4ncn5ccc(Cl)cc45)cn3)nc12. The summed E-state index contributed by atoms with van der Waals surface area (Å²) < 4.78 is 10.4. The van der Waals surface area contributed by atoms with Crippen LogP contribution in [0.3, 0.4) is 0 Å². The quantitative estimate of drug-likeness (QED) is 0.290. The van der Waals surface area contributed by atoms with Gasteiger partial charge in [0.1, 0.15) is 5.65 Å². The summed E-state index contributed by atoms with van der Waals surface area (Å²) in [6, 6.07) is 5.77. The number of halogens is 1. The molecular weight excluding hydrogens is 506 g/mol. The average Bonchev–Trinajstić information content (AvgIpc) is 3.33. The number of carbonyl (C=O) groups excluding carboxylic acids is 2. The zero-order valence-corrected chi connectivity index (χ0v) is 21.6. The van der Waals surface area contributed by atoms with Crippen LogP contribution in [0.15, 0.2) is 55.5 Å². The van der Waals surface area contributed by atoms with Crippen LogP contribution in [0, 0.1) is 0 Å². The van der Waals surface area contributed by atoms with Gasteiger partial charge in [-0.2, -0.15) is 5.10 Å². The Morgan fingerprint density at radius 2 is 2.05 bits per heavy atom. The minimum Gasteiger partial charge on any atom is -0.469 e. The van der Waals surface area contributed by atoms with Gasteiger partial charge in [-0.3, -0.25) is 14.3 Å². The summed E-state index contributed by atoms with van der Waals surface area (Å²) in [4.78, 5) is 33.7. The molecule has 0 bridgehead atoms. The normalized spacial score (nSPS) is 13.3. The van der Waals surface area contributed by atoms with Crippen molar-refractivity contribution in [3.63, 3.8) is 0 Å². The number of hydrogen-bond acceptors (Lipinski definition) is 6. The van der Waals surface area contributed by atoms with Crippen LogP contribution >= 0.6 is 11.6 Å². The van der Waals surface area contributed by atoms with Gasteiger partial charge < -0.3 is 18.9 Å². The van der Waals surface area contributed by atoms with Gasteiger partial charge in [0.2, 0.25) is 0 Å². The van der Waals surface area contributed by atoms with Crippen LogP contribution in [0.2, 0.25) is 5.02 Å². The summed E-state index contributed by atoms with van der Waals surface area (Å²) in [6.45, 7) is 0.680. The maximum absolute atomic E-state index is 12.8. The summed E-state index contributed by atoms with van der Waals surface area (Å²) in [5, 5.41) is 7.88. The number of methoxy groups -OCH3 is 1. The van der Waals surface area contributed by atoms with Gasteiger partial charge in [-0.1, -0.05) is 17.7 Å². The van der Waals surface area contributed by atoms with Crippen LogP contribution < -0.4 is 5.32 Å². The number of nitrogens with one attached hydrogen (secondary N) is 1. The van der Waals surface area contributed by atoms with Gasteiger partial charge in [-0.15, -0.1) is 0 Å². The minimum atomic E-state index is -0.242. The van der Waals surface area contributed by atoms with E-state index in [1.165, 1.54) is 25.5 Å². The molecule has 5 aromatic rings. The lowest BCUT2D eigenvalue weighted by Gasteiger charge is -2.07. The Kier molecular flexibility index (Phi) is 6.32. The summed E-state index contributed by atoms with van der Waals surface area (Å²) in [5.74, 6) is 0.0963. The number of esters is 1. The van der Waals surface area contributed by atoms with Gasteiger partial charge in [0.25, 0.3) is 5.91 Å². The van der Waals surface area contributed by atoms with Crippen LogP contribution in [0.5, 0.6) is 0 Å². The maximum atomic E-state index is 12.8. The smallest absolute Gasteiger partial charge is 0.305 e. The molecule has 1 fully saturated rings. The number of carbonyl (C=O) groups is 2. The predicted octanol–water partition coefficient (Wildman–Crippen LogP) is 3.79. The molecule has 10 nitrogen and oxygen atoms in total. The first-order valence-electron chi connectivity index (χ1n) is 12.5. The molecule has 1 amide bonds. The molecule has 1 aliphatic carbocycles. The molecule has 0 aromatic carbocycles. The van der Waals surface area contributed by atoms with Crippen molar-refractivity contribution >= 4 is 34.6 Å². The van der Waals surface area contributed by atoms with Crippen LogP contribution in [-0.2, 0) is 29.0 Å². The van der Waals surface area contributed by atoms with Gasteiger partial charge in [0.15, 0.2) is 0 Å². The molecule has 0 spiro atoms. The number of hydrogen-bond donors (Lipinski definition) is 1. The molecule has 0 atom stereocenters. The first kappa shape index (κ1) is 24.2. The minimum absolute atomic E-state index is 0.237. The zero-order chi connectivity index (χ0) is 26.2. The Balaban J connectivity index is 1.16. The fourth-order valence-electron chi connectivity index (χ4n) is 4.63. The van der Waals surface area contributed by atoms with Crippen LogP contribution in [0.25, 0.3) is 11.2 Å². The summed E-state index contributed by atoms with van der Waals surface area (Å²) in [7, 11) is 1.40. The molecule has 1 N–H and O–H groups in total. The number of rotatable bonds is 9. The van der Waals surface area contributed by atoms with Gasteiger partial charge in [-0.05, 0) is 48.4 Å². The third kappa shape index (κ3) is 4.99. The molecule has 1 saturated carbocycles. The molecule has 194 valence electrons. The van der Waals surface area contributed by atoms with Crippen molar-refractivity contribution in [2.45, 2.75) is 44.7 Å². The second-order valence-corrected chi connectivity index (χ2v) is 9.99. The van der Waals surface area contributed by atoms with Crippen molar-refractivity contribution in [1.82, 2.24) is 33.9 Å². The standard InChI is InChI=1S/C27H26ClN7O3/c1-38-25(36)5-4-18-8-19(17-2-3-17)12-34-14-22(32-26(18)34)15-35-13-20(10-31-35)27(37)29-11-23-24-9-21(28)6-7-33(24)16-30-23/h6-10,12-14,16-17H,2-5,11,15H2,1H3,(H,29,37). The lowest BCUT2D eigenvalue weighted by Crippen LogP contribution is -2.22. The molecule has 5 aromatic heterocycles. The number of aromatic nitrogens is 6. The second kappa shape index (κ2) is 9.94. The molecule has 0 aliphatic heterocycles. The number of amides is 1. The van der Waals surface area contributed by atoms with Crippen molar-refractivity contribution in [3.05, 3.63) is 88.6 Å². The molecule has 0 radical (unpaired) electrons. The molecule has 0 saturated heterocycles. The lowest BCUT2D eigenvalue weighted by atomic mass is 10.1. The zero-order valence-electron chi connectivity index (χ0n) is 20.8. The van der Waals surface area contributed by atoms with E-state index in [0.29, 0.717) is 35.9 Å². The Morgan fingerprint density at radius 3 is 2.87 bits per heavy atom. The van der Waals surface area contributed by atoms with E-state index in [1.54, 1.807) is 29.5 Å². The lowest BCUT2D eigenvalue weighted by molar-refractivity contribution is -0.140. The summed E-state index contributed by atoms with van der Waals surface area (Å²) in [6.07, 6.45) is 14.1. The highest BCUT2D eigenvalue weighted by molar-refractivity contribution is 6.30. The molecule has 11 heteroatoms. The monoisotopic (exact) mass is 531 g/mol. The summed E-state index contributed by atoms with van der Waals surface area (Å²) in [5.41, 5.74) is 5.96. The highest BCUT2D eigenvalue weighted by Crippen LogP contribution is 2.40. The molecule has 38 heavy (non-hydrogen) atoms. The van der Waals surface area contributed by atoms with Crippen LogP contribution in [0.4, 0.5) is 0 Å². The van der Waals surface area contributed by atoms with Crippen LogP contribution in [0.1, 0.15) is 58.1 Å². The van der Waals surface area contributed by atoms with E-state index >= 15 is 0 Å². The Hall–Kier alpha value is -4.18. The highest BCUT2D eigenvalue weighted by Gasteiger charge is 2.25. The van der Waals surface area contributed by atoms with E-state index in [-0.39, 0.29) is 18.4 Å². The van der Waals surface area contributed by atoms with Crippen LogP contribution in [-0.4, -0.2) is 47.5 Å². The Bertz CT molecular complexity index is 1660. The van der Waals surface area contributed by atoms with Gasteiger partial charge in [0, 0.05) is 36.2 Å². The number of fused-ring (bicyclic) bond motifs is 2. The van der Waals surface area contributed by atoms with E-state index in [0.717, 1.165) is 28.1 Å². The fraction of sp³-hybridized carbons (Fsp3) is 0.296. The topological polar surface area (TPSA) is 108 Å². The number of aryl methyl sites for hydroxylation is 1. The highest BCUT2D eigenvalue weighted by atomic mass is 35.5. The van der Waals surface area contributed by atoms with E-state index in [4.69, 9.17) is 21.3 Å². The fourth-order valence-corrected chi connectivity index (χ4v) is 4.79. The predicted molar refractivity (Wildman–Crippen MR) is 140 cm³/mol. The molecule has 0 unspecified atom stereocenters. The largest absolute Gasteiger partial charge is 0.469 e. The van der Waals surface area contributed by atoms with Crippen molar-refractivity contribution < 1.29 is 14.3 Å². The average molecular weight is 532 g/mol. The van der Waals surface area contributed by atoms with Crippen molar-refractivity contribution in [3.8, 4) is 0 Å². The molecule has 5 heterocycles. The number of ether oxygens (including phenoxy) is 1. The van der Waals surface area contributed by atoms with E-state index in [1.807, 2.05) is 27.3 Å². The molecule has 6 rings (SSSR count). The maximum Gasteiger partial charge on any atom is 0.305 e. The van der Waals surface area contributed by atoms with E-state index in [2.05, 4.69) is 27.7 Å². The Labute approximate surface area is 223 Å². The van der Waals surface area contributed by atoms with Gasteiger partial charge in [0.05, 0.1) is 55.2 Å². The second-order valence-electron chi connectivity index (χ2n) is 9.55. The third-order valence-electron chi connectivity index (χ3n) is 6.79. The van der Waals surface area contributed by atoms with Crippen molar-refractivity contribution in [2.75, 3.05) is 7.11 Å².